The van der Waals surface area contributed by atoms with Gasteiger partial charge in [-0.3, -0.25) is 4.79 Å². The van der Waals surface area contributed by atoms with Gasteiger partial charge in [0.05, 0.1) is 24.0 Å². The summed E-state index contributed by atoms with van der Waals surface area (Å²) in [7, 11) is 0. The smallest absolute Gasteiger partial charge is 0.360 e. The number of rotatable bonds is 4. The molecular formula is C23H22ClF4N5O2. The largest absolute Gasteiger partial charge is 0.416 e. The fourth-order valence-corrected chi connectivity index (χ4v) is 4.87. The van der Waals surface area contributed by atoms with Crippen LogP contribution in [0.25, 0.3) is 0 Å². The van der Waals surface area contributed by atoms with Crippen molar-refractivity contribution >= 4 is 17.3 Å². The molecule has 0 bridgehead atoms. The van der Waals surface area contributed by atoms with Gasteiger partial charge in [-0.05, 0) is 37.0 Å². The van der Waals surface area contributed by atoms with Gasteiger partial charge in [0.25, 0.3) is 5.56 Å². The number of halogens is 5. The average Bonchev–Trinajstić information content (AvgIpc) is 3.23. The number of hydrogen-bond donors (Lipinski definition) is 0. The summed E-state index contributed by atoms with van der Waals surface area (Å²) in [6, 6.07) is 2.69. The number of hydrogen-bond acceptors (Lipinski definition) is 5. The molecule has 0 saturated carbocycles. The Balaban J connectivity index is 1.37. The van der Waals surface area contributed by atoms with E-state index < -0.39 is 29.3 Å². The summed E-state index contributed by atoms with van der Waals surface area (Å²) < 4.78 is 62.4. The van der Waals surface area contributed by atoms with Crippen LogP contribution in [0, 0.1) is 5.82 Å². The van der Waals surface area contributed by atoms with Crippen LogP contribution in [-0.2, 0) is 30.4 Å². The fraction of sp³-hybridized carbons (Fsp3) is 0.435. The van der Waals surface area contributed by atoms with Gasteiger partial charge < -0.3 is 14.2 Å². The lowest BCUT2D eigenvalue weighted by molar-refractivity contribution is -0.138. The number of fused-ring (bicyclic) bond motifs is 1. The lowest BCUT2D eigenvalue weighted by Gasteiger charge is -2.31. The molecule has 7 nitrogen and oxygen atoms in total. The van der Waals surface area contributed by atoms with Gasteiger partial charge >= 0.3 is 6.18 Å². The second-order valence-electron chi connectivity index (χ2n) is 8.63. The molecule has 1 atom stereocenters. The van der Waals surface area contributed by atoms with Crippen molar-refractivity contribution in [3.05, 3.63) is 74.4 Å². The molecule has 5 rings (SSSR count). The van der Waals surface area contributed by atoms with Gasteiger partial charge in [-0.15, -0.1) is 0 Å². The molecule has 0 spiro atoms. The number of ether oxygens (including phenoxy) is 1. The second-order valence-corrected chi connectivity index (χ2v) is 9.01. The van der Waals surface area contributed by atoms with Crippen LogP contribution in [0.2, 0.25) is 5.02 Å². The van der Waals surface area contributed by atoms with Crippen LogP contribution < -0.4 is 10.5 Å². The number of alkyl halides is 3. The molecule has 1 aromatic carbocycles. The Kier molecular flexibility index (Phi) is 6.30. The van der Waals surface area contributed by atoms with Crippen molar-refractivity contribution in [2.45, 2.75) is 51.2 Å². The monoisotopic (exact) mass is 511 g/mol. The zero-order valence-electron chi connectivity index (χ0n) is 18.6. The summed E-state index contributed by atoms with van der Waals surface area (Å²) in [4.78, 5) is 19.1. The number of benzene rings is 1. The quantitative estimate of drug-likeness (QED) is 0.480. The first-order valence-electron chi connectivity index (χ1n) is 11.2. The van der Waals surface area contributed by atoms with Crippen LogP contribution >= 0.6 is 11.6 Å². The van der Waals surface area contributed by atoms with E-state index in [2.05, 4.69) is 10.1 Å². The number of anilines is 1. The van der Waals surface area contributed by atoms with Crippen molar-refractivity contribution in [3.63, 3.8) is 0 Å². The first kappa shape index (κ1) is 23.8. The molecule has 0 amide bonds. The van der Waals surface area contributed by atoms with E-state index in [1.165, 1.54) is 17.1 Å². The molecule has 0 aliphatic carbocycles. The molecular weight excluding hydrogens is 490 g/mol. The minimum atomic E-state index is -4.66. The van der Waals surface area contributed by atoms with Crippen LogP contribution in [-0.4, -0.2) is 32.5 Å². The standard InChI is InChI=1S/C23H22ClF4N5O2/c24-21-18(12-30-33(22(21)34)20-3-1-2-8-35-20)31-6-7-32-16(11-29-19(32)13-31)9-14-4-5-15(25)10-17(14)23(26,27)28/h4-5,10-12,20H,1-3,6-9,13H2. The maximum Gasteiger partial charge on any atom is 0.416 e. The van der Waals surface area contributed by atoms with Gasteiger partial charge in [0.15, 0.2) is 6.23 Å². The zero-order chi connectivity index (χ0) is 24.7. The van der Waals surface area contributed by atoms with E-state index in [9.17, 15) is 22.4 Å². The molecule has 0 radical (unpaired) electrons. The number of nitrogens with zero attached hydrogens (tertiary/aromatic N) is 5. The Morgan fingerprint density at radius 1 is 1.17 bits per heavy atom. The van der Waals surface area contributed by atoms with E-state index >= 15 is 0 Å². The van der Waals surface area contributed by atoms with Gasteiger partial charge in [0.2, 0.25) is 0 Å². The van der Waals surface area contributed by atoms with Crippen LogP contribution in [0.3, 0.4) is 0 Å². The predicted molar refractivity (Wildman–Crippen MR) is 120 cm³/mol. The van der Waals surface area contributed by atoms with Gasteiger partial charge in [0.1, 0.15) is 16.7 Å². The third kappa shape index (κ3) is 4.66. The summed E-state index contributed by atoms with van der Waals surface area (Å²) >= 11 is 6.43. The first-order valence-corrected chi connectivity index (χ1v) is 11.6. The molecule has 1 fully saturated rings. The summed E-state index contributed by atoms with van der Waals surface area (Å²) in [5, 5.41) is 4.32. The third-order valence-corrected chi connectivity index (χ3v) is 6.75. The highest BCUT2D eigenvalue weighted by Gasteiger charge is 2.34. The van der Waals surface area contributed by atoms with Crippen LogP contribution in [0.4, 0.5) is 23.2 Å². The van der Waals surface area contributed by atoms with Crippen molar-refractivity contribution < 1.29 is 22.3 Å². The van der Waals surface area contributed by atoms with Crippen LogP contribution in [0.5, 0.6) is 0 Å². The maximum absolute atomic E-state index is 13.5. The van der Waals surface area contributed by atoms with Crippen LogP contribution in [0.1, 0.15) is 48.1 Å². The molecule has 12 heteroatoms. The molecule has 1 unspecified atom stereocenters. The second kappa shape index (κ2) is 9.27. The van der Waals surface area contributed by atoms with Gasteiger partial charge in [0, 0.05) is 38.0 Å². The molecule has 2 aliphatic heterocycles. The third-order valence-electron chi connectivity index (χ3n) is 6.39. The molecule has 3 aromatic rings. The van der Waals surface area contributed by atoms with E-state index in [0.717, 1.165) is 25.0 Å². The number of imidazole rings is 1. The number of aromatic nitrogens is 4. The Morgan fingerprint density at radius 2 is 2.00 bits per heavy atom. The zero-order valence-corrected chi connectivity index (χ0v) is 19.3. The highest BCUT2D eigenvalue weighted by atomic mass is 35.5. The summed E-state index contributed by atoms with van der Waals surface area (Å²) in [5.74, 6) is -0.313. The highest BCUT2D eigenvalue weighted by molar-refractivity contribution is 6.33. The Bertz CT molecular complexity index is 1300. The minimum absolute atomic E-state index is 0.0233. The van der Waals surface area contributed by atoms with E-state index in [1.54, 1.807) is 0 Å². The summed E-state index contributed by atoms with van der Waals surface area (Å²) in [6.07, 6.45) is 0.509. The molecule has 4 heterocycles. The average molecular weight is 512 g/mol. The Morgan fingerprint density at radius 3 is 2.74 bits per heavy atom. The van der Waals surface area contributed by atoms with Gasteiger partial charge in [-0.25, -0.2) is 9.37 Å². The van der Waals surface area contributed by atoms with E-state index in [-0.39, 0.29) is 17.0 Å². The summed E-state index contributed by atoms with van der Waals surface area (Å²) in [6.45, 7) is 1.76. The Hall–Kier alpha value is -2.92. The minimum Gasteiger partial charge on any atom is -0.360 e. The highest BCUT2D eigenvalue weighted by Crippen LogP contribution is 2.34. The summed E-state index contributed by atoms with van der Waals surface area (Å²) in [5.41, 5.74) is -0.388. The van der Waals surface area contributed by atoms with Gasteiger partial charge in [-0.1, -0.05) is 17.7 Å². The molecule has 35 heavy (non-hydrogen) atoms. The van der Waals surface area contributed by atoms with E-state index in [4.69, 9.17) is 16.3 Å². The maximum atomic E-state index is 13.5. The Labute approximate surface area is 202 Å². The van der Waals surface area contributed by atoms with Crippen molar-refractivity contribution in [2.75, 3.05) is 18.1 Å². The van der Waals surface area contributed by atoms with Crippen LogP contribution in [0.15, 0.2) is 35.4 Å². The topological polar surface area (TPSA) is 65.2 Å². The fourth-order valence-electron chi connectivity index (χ4n) is 4.61. The van der Waals surface area contributed by atoms with E-state index in [0.29, 0.717) is 55.9 Å². The lowest BCUT2D eigenvalue weighted by atomic mass is 10.0. The normalized spacial score (nSPS) is 18.5. The first-order chi connectivity index (χ1) is 16.7. The SMILES string of the molecule is O=c1c(Cl)c(N2CCn3c(Cc4ccc(F)cc4C(F)(F)F)cnc3C2)cnn1C1CCCCO1. The molecule has 1 saturated heterocycles. The molecule has 2 aliphatic rings. The van der Waals surface area contributed by atoms with Crippen molar-refractivity contribution in [1.82, 2.24) is 19.3 Å². The molecule has 2 aromatic heterocycles. The van der Waals surface area contributed by atoms with Crippen molar-refractivity contribution in [2.24, 2.45) is 0 Å². The van der Waals surface area contributed by atoms with E-state index in [1.807, 2.05) is 9.47 Å². The predicted octanol–water partition coefficient (Wildman–Crippen LogP) is 4.56. The molecule has 186 valence electrons. The van der Waals surface area contributed by atoms with Crippen molar-refractivity contribution in [1.29, 1.82) is 0 Å². The lowest BCUT2D eigenvalue weighted by Crippen LogP contribution is -2.37. The van der Waals surface area contributed by atoms with Crippen molar-refractivity contribution in [3.8, 4) is 0 Å². The molecule has 0 N–H and O–H groups in total. The van der Waals surface area contributed by atoms with Gasteiger partial charge in [-0.2, -0.15) is 23.0 Å².